The summed E-state index contributed by atoms with van der Waals surface area (Å²) in [6.07, 6.45) is -4.75. The number of halogens is 3. The number of hydrogen-bond acceptors (Lipinski definition) is 3. The summed E-state index contributed by atoms with van der Waals surface area (Å²) in [6, 6.07) is 9.08. The van der Waals surface area contributed by atoms with Gasteiger partial charge in [-0.15, -0.1) is 0 Å². The largest absolute Gasteiger partial charge is 0.451 e. The molecule has 0 aliphatic rings. The molecule has 27 heavy (non-hydrogen) atoms. The third-order valence-corrected chi connectivity index (χ3v) is 4.18. The average molecular weight is 376 g/mol. The highest BCUT2D eigenvalue weighted by atomic mass is 19.4. The van der Waals surface area contributed by atoms with Crippen LogP contribution in [-0.4, -0.2) is 18.0 Å². The van der Waals surface area contributed by atoms with Crippen molar-refractivity contribution in [2.75, 3.05) is 0 Å². The lowest BCUT2D eigenvalue weighted by molar-refractivity contribution is -0.155. The lowest BCUT2D eigenvalue weighted by Crippen LogP contribution is -2.38. The summed E-state index contributed by atoms with van der Waals surface area (Å²) < 4.78 is 45.9. The Bertz CT molecular complexity index is 1010. The van der Waals surface area contributed by atoms with Crippen molar-refractivity contribution in [2.45, 2.75) is 19.1 Å². The number of hydrogen-bond donors (Lipinski definition) is 2. The number of alkyl halides is 3. The molecule has 8 heteroatoms. The molecule has 0 bridgehead atoms. The van der Waals surface area contributed by atoms with Crippen LogP contribution < -0.4 is 11.1 Å². The molecule has 0 saturated heterocycles. The number of aryl methyl sites for hydroxylation is 1. The number of nitrogens with two attached hydrogens (primary N) is 1. The lowest BCUT2D eigenvalue weighted by atomic mass is 10.0. The van der Waals surface area contributed by atoms with Crippen molar-refractivity contribution >= 4 is 22.8 Å². The van der Waals surface area contributed by atoms with Crippen molar-refractivity contribution in [1.29, 1.82) is 0 Å². The minimum absolute atomic E-state index is 0.0686. The Balaban J connectivity index is 1.93. The van der Waals surface area contributed by atoms with Crippen LogP contribution in [0.1, 0.15) is 38.1 Å². The zero-order valence-corrected chi connectivity index (χ0v) is 14.1. The van der Waals surface area contributed by atoms with E-state index in [1.165, 1.54) is 12.1 Å². The number of primary amides is 1. The summed E-state index contributed by atoms with van der Waals surface area (Å²) in [5.74, 6) is -1.92. The van der Waals surface area contributed by atoms with Gasteiger partial charge in [0.15, 0.2) is 11.8 Å². The van der Waals surface area contributed by atoms with Gasteiger partial charge in [0.25, 0.3) is 5.91 Å². The summed E-state index contributed by atoms with van der Waals surface area (Å²) in [5.41, 5.74) is 5.80. The maximum Gasteiger partial charge on any atom is 0.412 e. The van der Waals surface area contributed by atoms with Crippen LogP contribution in [0.15, 0.2) is 52.9 Å². The van der Waals surface area contributed by atoms with Crippen LogP contribution in [0.25, 0.3) is 11.0 Å². The van der Waals surface area contributed by atoms with Crippen molar-refractivity contribution in [3.8, 4) is 0 Å². The SMILES string of the molecule is Cc1c(C(=O)NC(c2ccc(C(N)=O)cc2)C(F)(F)F)oc2ccccc12. The highest BCUT2D eigenvalue weighted by Crippen LogP contribution is 2.34. The van der Waals surface area contributed by atoms with Crippen molar-refractivity contribution in [1.82, 2.24) is 5.32 Å². The fraction of sp³-hybridized carbons (Fsp3) is 0.158. The number of nitrogens with one attached hydrogen (secondary N) is 1. The molecule has 0 radical (unpaired) electrons. The first-order valence-corrected chi connectivity index (χ1v) is 7.94. The number of carbonyl (C=O) groups is 2. The quantitative estimate of drug-likeness (QED) is 0.725. The van der Waals surface area contributed by atoms with E-state index >= 15 is 0 Å². The van der Waals surface area contributed by atoms with E-state index in [0.717, 1.165) is 12.1 Å². The molecule has 2 aromatic carbocycles. The van der Waals surface area contributed by atoms with Gasteiger partial charge in [-0.2, -0.15) is 13.2 Å². The molecule has 2 amide bonds. The van der Waals surface area contributed by atoms with E-state index in [2.05, 4.69) is 0 Å². The van der Waals surface area contributed by atoms with Crippen LogP contribution >= 0.6 is 0 Å². The summed E-state index contributed by atoms with van der Waals surface area (Å²) in [5, 5.41) is 2.62. The van der Waals surface area contributed by atoms with E-state index in [0.29, 0.717) is 16.5 Å². The second-order valence-corrected chi connectivity index (χ2v) is 5.99. The Kier molecular flexibility index (Phi) is 4.65. The number of carbonyl (C=O) groups excluding carboxylic acids is 2. The van der Waals surface area contributed by atoms with Crippen LogP contribution in [0.3, 0.4) is 0 Å². The Labute approximate surface area is 151 Å². The van der Waals surface area contributed by atoms with Crippen molar-refractivity contribution in [3.63, 3.8) is 0 Å². The van der Waals surface area contributed by atoms with Gasteiger partial charge in [0.05, 0.1) is 0 Å². The zero-order valence-electron chi connectivity index (χ0n) is 14.1. The van der Waals surface area contributed by atoms with Crippen molar-refractivity contribution in [2.24, 2.45) is 5.73 Å². The van der Waals surface area contributed by atoms with E-state index in [1.54, 1.807) is 31.2 Å². The predicted octanol–water partition coefficient (Wildman–Crippen LogP) is 3.87. The van der Waals surface area contributed by atoms with E-state index in [4.69, 9.17) is 10.2 Å². The molecular formula is C19H15F3N2O3. The minimum atomic E-state index is -4.75. The second kappa shape index (κ2) is 6.79. The summed E-state index contributed by atoms with van der Waals surface area (Å²) >= 11 is 0. The Hall–Kier alpha value is -3.29. The maximum atomic E-state index is 13.5. The molecule has 140 valence electrons. The molecule has 3 aromatic rings. The number of amides is 2. The summed E-state index contributed by atoms with van der Waals surface area (Å²) in [7, 11) is 0. The van der Waals surface area contributed by atoms with Crippen LogP contribution in [-0.2, 0) is 0 Å². The average Bonchev–Trinajstić information content (AvgIpc) is 2.96. The highest BCUT2D eigenvalue weighted by molar-refractivity contribution is 5.99. The normalized spacial score (nSPS) is 12.7. The first-order valence-electron chi connectivity index (χ1n) is 7.94. The van der Waals surface area contributed by atoms with E-state index in [9.17, 15) is 22.8 Å². The van der Waals surface area contributed by atoms with Gasteiger partial charge in [-0.3, -0.25) is 9.59 Å². The van der Waals surface area contributed by atoms with Gasteiger partial charge in [-0.05, 0) is 30.7 Å². The molecule has 5 nitrogen and oxygen atoms in total. The van der Waals surface area contributed by atoms with E-state index in [-0.39, 0.29) is 16.9 Å². The molecule has 1 heterocycles. The Morgan fingerprint density at radius 2 is 1.70 bits per heavy atom. The summed E-state index contributed by atoms with van der Waals surface area (Å²) in [6.45, 7) is 1.60. The molecule has 1 atom stereocenters. The third-order valence-electron chi connectivity index (χ3n) is 4.18. The van der Waals surface area contributed by atoms with Gasteiger partial charge in [-0.1, -0.05) is 30.3 Å². The third kappa shape index (κ3) is 3.64. The molecule has 0 aliphatic carbocycles. The summed E-state index contributed by atoms with van der Waals surface area (Å²) in [4.78, 5) is 23.5. The van der Waals surface area contributed by atoms with Crippen LogP contribution in [0.4, 0.5) is 13.2 Å². The molecule has 3 N–H and O–H groups in total. The first kappa shape index (κ1) is 18.5. The molecule has 1 aromatic heterocycles. The molecule has 0 saturated carbocycles. The predicted molar refractivity (Wildman–Crippen MR) is 92.2 cm³/mol. The molecule has 3 rings (SSSR count). The number of fused-ring (bicyclic) bond motifs is 1. The number of para-hydroxylation sites is 1. The molecule has 0 aliphatic heterocycles. The topological polar surface area (TPSA) is 85.3 Å². The van der Waals surface area contributed by atoms with Gasteiger partial charge in [0.1, 0.15) is 5.58 Å². The lowest BCUT2D eigenvalue weighted by Gasteiger charge is -2.22. The van der Waals surface area contributed by atoms with E-state index < -0.39 is 24.0 Å². The van der Waals surface area contributed by atoms with Gasteiger partial charge in [0, 0.05) is 16.5 Å². The van der Waals surface area contributed by atoms with Crippen LogP contribution in [0.2, 0.25) is 0 Å². The van der Waals surface area contributed by atoms with Gasteiger partial charge < -0.3 is 15.5 Å². The fourth-order valence-electron chi connectivity index (χ4n) is 2.78. The van der Waals surface area contributed by atoms with Crippen molar-refractivity contribution < 1.29 is 27.2 Å². The minimum Gasteiger partial charge on any atom is -0.451 e. The van der Waals surface area contributed by atoms with Gasteiger partial charge >= 0.3 is 6.18 Å². The molecule has 1 unspecified atom stereocenters. The number of rotatable bonds is 4. The van der Waals surface area contributed by atoms with Crippen LogP contribution in [0.5, 0.6) is 0 Å². The molecular weight excluding hydrogens is 361 g/mol. The highest BCUT2D eigenvalue weighted by Gasteiger charge is 2.42. The Morgan fingerprint density at radius 1 is 1.07 bits per heavy atom. The Morgan fingerprint density at radius 3 is 2.26 bits per heavy atom. The molecule has 0 spiro atoms. The smallest absolute Gasteiger partial charge is 0.412 e. The van der Waals surface area contributed by atoms with Gasteiger partial charge in [0.2, 0.25) is 5.91 Å². The van der Waals surface area contributed by atoms with Crippen LogP contribution in [0, 0.1) is 6.92 Å². The standard InChI is InChI=1S/C19H15F3N2O3/c1-10-13-4-2-3-5-14(13)27-15(10)18(26)24-16(19(20,21)22)11-6-8-12(9-7-11)17(23)25/h2-9,16H,1H3,(H2,23,25)(H,24,26). The van der Waals surface area contributed by atoms with Crippen molar-refractivity contribution in [3.05, 3.63) is 71.0 Å². The monoisotopic (exact) mass is 376 g/mol. The number of benzene rings is 2. The fourth-order valence-corrected chi connectivity index (χ4v) is 2.78. The number of furan rings is 1. The molecule has 0 fully saturated rings. The maximum absolute atomic E-state index is 13.5. The first-order chi connectivity index (χ1) is 12.7. The van der Waals surface area contributed by atoms with Gasteiger partial charge in [-0.25, -0.2) is 0 Å². The zero-order chi connectivity index (χ0) is 19.8. The second-order valence-electron chi connectivity index (χ2n) is 5.99. The van der Waals surface area contributed by atoms with E-state index in [1.807, 2.05) is 5.32 Å².